The molecule has 3 N–H and O–H groups in total. The van der Waals surface area contributed by atoms with Crippen LogP contribution in [0.15, 0.2) is 17.2 Å². The van der Waals surface area contributed by atoms with Gasteiger partial charge in [0.1, 0.15) is 0 Å². The summed E-state index contributed by atoms with van der Waals surface area (Å²) in [6.07, 6.45) is 7.71. The summed E-state index contributed by atoms with van der Waals surface area (Å²) in [6, 6.07) is 0. The van der Waals surface area contributed by atoms with Crippen molar-refractivity contribution in [2.45, 2.75) is 64.5 Å². The van der Waals surface area contributed by atoms with Crippen molar-refractivity contribution in [3.05, 3.63) is 22.7 Å². The van der Waals surface area contributed by atoms with Gasteiger partial charge in [0.15, 0.2) is 5.82 Å². The van der Waals surface area contributed by atoms with Crippen molar-refractivity contribution in [1.82, 2.24) is 9.55 Å². The van der Waals surface area contributed by atoms with Crippen LogP contribution in [0.5, 0.6) is 0 Å². The Morgan fingerprint density at radius 1 is 1.43 bits per heavy atom. The second-order valence-electron chi connectivity index (χ2n) is 7.41. The van der Waals surface area contributed by atoms with Crippen molar-refractivity contribution in [3.8, 4) is 0 Å². The van der Waals surface area contributed by atoms with Crippen molar-refractivity contribution in [2.24, 2.45) is 11.7 Å². The molecule has 1 heterocycles. The molecule has 118 valence electrons. The quantitative estimate of drug-likeness (QED) is 0.896. The molecule has 0 atom stereocenters. The molecule has 0 radical (unpaired) electrons. The summed E-state index contributed by atoms with van der Waals surface area (Å²) >= 11 is 0. The van der Waals surface area contributed by atoms with Gasteiger partial charge in [-0.3, -0.25) is 4.79 Å². The maximum absolute atomic E-state index is 12.6. The van der Waals surface area contributed by atoms with Gasteiger partial charge in [-0.2, -0.15) is 0 Å². The largest absolute Gasteiger partial charge is 0.359 e. The molecule has 1 fully saturated rings. The molecule has 0 aliphatic heterocycles. The highest BCUT2D eigenvalue weighted by Crippen LogP contribution is 2.33. The Morgan fingerprint density at radius 2 is 2.05 bits per heavy atom. The Hall–Kier alpha value is -1.36. The second kappa shape index (κ2) is 5.79. The van der Waals surface area contributed by atoms with Crippen molar-refractivity contribution in [1.29, 1.82) is 0 Å². The van der Waals surface area contributed by atoms with Crippen LogP contribution in [-0.2, 0) is 5.54 Å². The molecule has 1 aromatic heterocycles. The number of anilines is 1. The molecular formula is C16H28N4O. The van der Waals surface area contributed by atoms with Gasteiger partial charge in [-0.05, 0) is 52.4 Å². The number of hydrogen-bond acceptors (Lipinski definition) is 4. The van der Waals surface area contributed by atoms with Crippen LogP contribution in [0, 0.1) is 5.92 Å². The van der Waals surface area contributed by atoms with Crippen LogP contribution in [0.1, 0.15) is 53.4 Å². The molecule has 2 rings (SSSR count). The predicted octanol–water partition coefficient (Wildman–Crippen LogP) is 2.32. The van der Waals surface area contributed by atoms with Crippen LogP contribution in [-0.4, -0.2) is 21.6 Å². The summed E-state index contributed by atoms with van der Waals surface area (Å²) in [6.45, 7) is 8.84. The van der Waals surface area contributed by atoms with Crippen molar-refractivity contribution >= 4 is 5.82 Å². The van der Waals surface area contributed by atoms with E-state index in [1.165, 1.54) is 0 Å². The van der Waals surface area contributed by atoms with E-state index in [1.807, 2.05) is 20.8 Å². The third kappa shape index (κ3) is 3.46. The van der Waals surface area contributed by atoms with Crippen molar-refractivity contribution in [2.75, 3.05) is 11.9 Å². The lowest BCUT2D eigenvalue weighted by Crippen LogP contribution is -2.50. The summed E-state index contributed by atoms with van der Waals surface area (Å²) < 4.78 is 1.72. The highest BCUT2D eigenvalue weighted by Gasteiger charge is 2.34. The minimum Gasteiger partial charge on any atom is -0.359 e. The van der Waals surface area contributed by atoms with Gasteiger partial charge in [0.2, 0.25) is 0 Å². The first-order valence-corrected chi connectivity index (χ1v) is 7.84. The third-order valence-electron chi connectivity index (χ3n) is 4.57. The first kappa shape index (κ1) is 16.0. The number of hydrogen-bond donors (Lipinski definition) is 2. The third-order valence-corrected chi connectivity index (χ3v) is 4.57. The van der Waals surface area contributed by atoms with E-state index < -0.39 is 0 Å². The maximum Gasteiger partial charge on any atom is 0.293 e. The van der Waals surface area contributed by atoms with Crippen molar-refractivity contribution in [3.63, 3.8) is 0 Å². The number of aromatic nitrogens is 2. The average molecular weight is 292 g/mol. The van der Waals surface area contributed by atoms with Crippen LogP contribution in [0.3, 0.4) is 0 Å². The summed E-state index contributed by atoms with van der Waals surface area (Å²) in [5, 5.41) is 3.38. The molecule has 0 aromatic carbocycles. The molecule has 0 amide bonds. The Morgan fingerprint density at radius 3 is 2.57 bits per heavy atom. The molecule has 1 aromatic rings. The maximum atomic E-state index is 12.6. The molecule has 1 aliphatic carbocycles. The van der Waals surface area contributed by atoms with Gasteiger partial charge in [0.25, 0.3) is 5.56 Å². The molecule has 0 bridgehead atoms. The van der Waals surface area contributed by atoms with Gasteiger partial charge in [0.05, 0.1) is 5.54 Å². The van der Waals surface area contributed by atoms with Crippen molar-refractivity contribution < 1.29 is 0 Å². The first-order chi connectivity index (χ1) is 9.77. The lowest BCUT2D eigenvalue weighted by molar-refractivity contribution is 0.270. The summed E-state index contributed by atoms with van der Waals surface area (Å²) in [5.41, 5.74) is 5.49. The molecule has 21 heavy (non-hydrogen) atoms. The van der Waals surface area contributed by atoms with E-state index in [9.17, 15) is 4.79 Å². The summed E-state index contributed by atoms with van der Waals surface area (Å²) in [7, 11) is 0. The van der Waals surface area contributed by atoms with E-state index in [2.05, 4.69) is 17.2 Å². The van der Waals surface area contributed by atoms with Crippen LogP contribution in [0.2, 0.25) is 0 Å². The second-order valence-corrected chi connectivity index (χ2v) is 7.41. The van der Waals surface area contributed by atoms with E-state index in [0.29, 0.717) is 12.4 Å². The number of rotatable bonds is 3. The highest BCUT2D eigenvalue weighted by atomic mass is 16.1. The zero-order chi connectivity index (χ0) is 15.7. The van der Waals surface area contributed by atoms with Gasteiger partial charge in [-0.25, -0.2) is 4.98 Å². The Balaban J connectivity index is 2.29. The molecule has 1 aliphatic rings. The fraction of sp³-hybridized carbons (Fsp3) is 0.750. The Labute approximate surface area is 127 Å². The molecule has 0 spiro atoms. The topological polar surface area (TPSA) is 72.9 Å². The van der Waals surface area contributed by atoms with Gasteiger partial charge in [0, 0.05) is 24.5 Å². The SMILES string of the molecule is CC1CCC(CN)(Nc2nccn(C(C)(C)C)c2=O)CC1. The Kier molecular flexibility index (Phi) is 4.42. The number of nitrogens with one attached hydrogen (secondary N) is 1. The fourth-order valence-electron chi connectivity index (χ4n) is 2.97. The van der Waals surface area contributed by atoms with Crippen LogP contribution in [0.25, 0.3) is 0 Å². The molecule has 5 nitrogen and oxygen atoms in total. The van der Waals surface area contributed by atoms with Gasteiger partial charge in [-0.15, -0.1) is 0 Å². The van der Waals surface area contributed by atoms with Crippen LogP contribution >= 0.6 is 0 Å². The van der Waals surface area contributed by atoms with Gasteiger partial charge < -0.3 is 15.6 Å². The van der Waals surface area contributed by atoms with Crippen LogP contribution < -0.4 is 16.6 Å². The highest BCUT2D eigenvalue weighted by molar-refractivity contribution is 5.36. The monoisotopic (exact) mass is 292 g/mol. The minimum absolute atomic E-state index is 0.0727. The summed E-state index contributed by atoms with van der Waals surface area (Å²) in [5.74, 6) is 1.16. The van der Waals surface area contributed by atoms with E-state index >= 15 is 0 Å². The lowest BCUT2D eigenvalue weighted by Gasteiger charge is -2.39. The molecule has 5 heteroatoms. The molecule has 1 saturated carbocycles. The van der Waals surface area contributed by atoms with E-state index in [4.69, 9.17) is 5.73 Å². The molecular weight excluding hydrogens is 264 g/mol. The smallest absolute Gasteiger partial charge is 0.293 e. The predicted molar refractivity (Wildman–Crippen MR) is 86.5 cm³/mol. The Bertz CT molecular complexity index is 536. The molecule has 0 saturated heterocycles. The zero-order valence-electron chi connectivity index (χ0n) is 13.6. The number of nitrogens with two attached hydrogens (primary N) is 1. The van der Waals surface area contributed by atoms with E-state index in [1.54, 1.807) is 17.0 Å². The normalized spacial score (nSPS) is 26.6. The first-order valence-electron chi connectivity index (χ1n) is 7.84. The van der Waals surface area contributed by atoms with Gasteiger partial charge >= 0.3 is 0 Å². The summed E-state index contributed by atoms with van der Waals surface area (Å²) in [4.78, 5) is 16.9. The minimum atomic E-state index is -0.257. The van der Waals surface area contributed by atoms with E-state index in [0.717, 1.165) is 31.6 Å². The van der Waals surface area contributed by atoms with Gasteiger partial charge in [-0.1, -0.05) is 6.92 Å². The standard InChI is InChI=1S/C16H28N4O/c1-12-5-7-16(11-17,8-6-12)19-13-14(21)20(10-9-18-13)15(2,3)4/h9-10,12H,5-8,11,17H2,1-4H3,(H,18,19). The lowest BCUT2D eigenvalue weighted by atomic mass is 9.77. The zero-order valence-corrected chi connectivity index (χ0v) is 13.6. The van der Waals surface area contributed by atoms with Crippen LogP contribution in [0.4, 0.5) is 5.82 Å². The molecule has 0 unspecified atom stereocenters. The average Bonchev–Trinajstić information content (AvgIpc) is 2.43. The fourth-order valence-corrected chi connectivity index (χ4v) is 2.97. The number of nitrogens with zero attached hydrogens (tertiary/aromatic N) is 2. The van der Waals surface area contributed by atoms with E-state index in [-0.39, 0.29) is 16.6 Å².